The number of piperidine rings is 1. The van der Waals surface area contributed by atoms with E-state index in [1.807, 2.05) is 30.3 Å². The average Bonchev–Trinajstić information content (AvgIpc) is 2.79. The zero-order valence-electron chi connectivity index (χ0n) is 21.9. The van der Waals surface area contributed by atoms with Gasteiger partial charge in [-0.05, 0) is 52.0 Å². The Hall–Kier alpha value is -3.14. The third-order valence-corrected chi connectivity index (χ3v) is 6.31. The van der Waals surface area contributed by atoms with Crippen molar-refractivity contribution in [2.45, 2.75) is 83.6 Å². The number of benzene rings is 1. The number of likely N-dealkylation sites (tertiary alicyclic amines) is 1. The number of carbonyl (C=O) groups is 4. The van der Waals surface area contributed by atoms with E-state index in [1.54, 1.807) is 39.5 Å². The molecule has 0 aliphatic carbocycles. The summed E-state index contributed by atoms with van der Waals surface area (Å²) in [7, 11) is 0. The van der Waals surface area contributed by atoms with Crippen LogP contribution in [0, 0.1) is 5.92 Å². The molecule has 1 aliphatic rings. The second-order valence-electron chi connectivity index (χ2n) is 10.7. The van der Waals surface area contributed by atoms with E-state index in [1.165, 1.54) is 6.92 Å². The Morgan fingerprint density at radius 1 is 0.972 bits per heavy atom. The van der Waals surface area contributed by atoms with Crippen molar-refractivity contribution >= 4 is 23.9 Å². The van der Waals surface area contributed by atoms with Crippen molar-refractivity contribution in [1.29, 1.82) is 0 Å². The molecule has 200 valence electrons. The van der Waals surface area contributed by atoms with Crippen LogP contribution in [0.2, 0.25) is 0 Å². The van der Waals surface area contributed by atoms with Gasteiger partial charge in [0.1, 0.15) is 11.6 Å². The number of aliphatic hydroxyl groups excluding tert-OH is 1. The van der Waals surface area contributed by atoms with E-state index in [4.69, 9.17) is 4.74 Å². The first-order valence-electron chi connectivity index (χ1n) is 12.2. The summed E-state index contributed by atoms with van der Waals surface area (Å²) in [5.74, 6) is -2.80. The maximum Gasteiger partial charge on any atom is 0.410 e. The predicted molar refractivity (Wildman–Crippen MR) is 133 cm³/mol. The summed E-state index contributed by atoms with van der Waals surface area (Å²) in [5, 5.41) is 24.2. The largest absolute Gasteiger partial charge is 0.480 e. The van der Waals surface area contributed by atoms with Gasteiger partial charge in [0.05, 0.1) is 11.5 Å². The highest BCUT2D eigenvalue weighted by atomic mass is 16.6. The van der Waals surface area contributed by atoms with Crippen molar-refractivity contribution in [3.63, 3.8) is 0 Å². The Kier molecular flexibility index (Phi) is 9.48. The monoisotopic (exact) mass is 505 g/mol. The van der Waals surface area contributed by atoms with Crippen molar-refractivity contribution in [3.05, 3.63) is 35.9 Å². The lowest BCUT2D eigenvalue weighted by Crippen LogP contribution is -2.60. The van der Waals surface area contributed by atoms with Crippen LogP contribution in [0.25, 0.3) is 0 Å². The molecular formula is C26H39N3O7. The quantitative estimate of drug-likeness (QED) is 0.423. The van der Waals surface area contributed by atoms with Crippen LogP contribution in [0.5, 0.6) is 0 Å². The molecule has 3 amide bonds. The van der Waals surface area contributed by atoms with E-state index < -0.39 is 47.2 Å². The Morgan fingerprint density at radius 2 is 1.53 bits per heavy atom. The van der Waals surface area contributed by atoms with E-state index in [0.717, 1.165) is 5.56 Å². The first kappa shape index (κ1) is 29.1. The number of nitrogens with zero attached hydrogens (tertiary/aromatic N) is 1. The third kappa shape index (κ3) is 7.19. The average molecular weight is 506 g/mol. The minimum Gasteiger partial charge on any atom is -0.480 e. The lowest BCUT2D eigenvalue weighted by atomic mass is 9.71. The molecule has 1 aromatic carbocycles. The molecule has 0 radical (unpaired) electrons. The third-order valence-electron chi connectivity index (χ3n) is 6.31. The van der Waals surface area contributed by atoms with Gasteiger partial charge in [-0.2, -0.15) is 0 Å². The number of aliphatic hydroxyl groups is 1. The number of aliphatic carboxylic acids is 1. The molecule has 0 saturated carbocycles. The molecule has 0 bridgehead atoms. The van der Waals surface area contributed by atoms with E-state index in [9.17, 15) is 29.4 Å². The van der Waals surface area contributed by atoms with E-state index in [-0.39, 0.29) is 11.8 Å². The van der Waals surface area contributed by atoms with Crippen LogP contribution < -0.4 is 10.6 Å². The topological polar surface area (TPSA) is 145 Å². The van der Waals surface area contributed by atoms with E-state index in [0.29, 0.717) is 25.9 Å². The van der Waals surface area contributed by atoms with Crippen LogP contribution in [-0.2, 0) is 24.5 Å². The van der Waals surface area contributed by atoms with Gasteiger partial charge in [0.2, 0.25) is 11.8 Å². The predicted octanol–water partition coefficient (Wildman–Crippen LogP) is 2.05. The Morgan fingerprint density at radius 3 is 1.97 bits per heavy atom. The minimum absolute atomic E-state index is 0.291. The normalized spacial score (nSPS) is 18.1. The van der Waals surface area contributed by atoms with Crippen molar-refractivity contribution in [3.8, 4) is 0 Å². The van der Waals surface area contributed by atoms with Crippen LogP contribution in [0.4, 0.5) is 4.79 Å². The first-order chi connectivity index (χ1) is 16.7. The minimum atomic E-state index is -1.50. The maximum absolute atomic E-state index is 13.8. The summed E-state index contributed by atoms with van der Waals surface area (Å²) in [6, 6.07) is 6.67. The van der Waals surface area contributed by atoms with Gasteiger partial charge < -0.3 is 30.5 Å². The molecule has 1 aliphatic heterocycles. The zero-order valence-corrected chi connectivity index (χ0v) is 21.9. The standard InChI is InChI=1S/C26H39N3O7/c1-16(2)19(21(31)27-20(17(3)30)22(32)33)28-23(34)26(18-10-8-7-9-11-18)12-14-29(15-13-26)24(35)36-25(4,5)6/h7-11,16-17,19-20,30H,12-15H2,1-6H3,(H,27,31)(H,28,34)(H,32,33)/t17?,19-,20+/m1/s1. The summed E-state index contributed by atoms with van der Waals surface area (Å²) in [6.45, 7) is 10.7. The molecule has 1 aromatic rings. The van der Waals surface area contributed by atoms with Gasteiger partial charge in [0.15, 0.2) is 6.04 Å². The van der Waals surface area contributed by atoms with E-state index >= 15 is 0 Å². The molecule has 10 heteroatoms. The van der Waals surface area contributed by atoms with Crippen LogP contribution in [0.3, 0.4) is 0 Å². The van der Waals surface area contributed by atoms with Crippen molar-refractivity contribution in [2.75, 3.05) is 13.1 Å². The van der Waals surface area contributed by atoms with Crippen molar-refractivity contribution < 1.29 is 34.1 Å². The summed E-state index contributed by atoms with van der Waals surface area (Å²) >= 11 is 0. The summed E-state index contributed by atoms with van der Waals surface area (Å²) in [6.07, 6.45) is -1.12. The molecule has 10 nitrogen and oxygen atoms in total. The van der Waals surface area contributed by atoms with Gasteiger partial charge in [-0.15, -0.1) is 0 Å². The van der Waals surface area contributed by atoms with Gasteiger partial charge in [-0.3, -0.25) is 9.59 Å². The van der Waals surface area contributed by atoms with Crippen molar-refractivity contribution in [2.24, 2.45) is 5.92 Å². The fourth-order valence-corrected chi connectivity index (χ4v) is 4.25. The van der Waals surface area contributed by atoms with Crippen LogP contribution >= 0.6 is 0 Å². The van der Waals surface area contributed by atoms with Crippen LogP contribution in [0.1, 0.15) is 59.9 Å². The second-order valence-corrected chi connectivity index (χ2v) is 10.7. The molecule has 4 N–H and O–H groups in total. The summed E-state index contributed by atoms with van der Waals surface area (Å²) in [4.78, 5) is 52.4. The first-order valence-corrected chi connectivity index (χ1v) is 12.2. The molecule has 1 heterocycles. The van der Waals surface area contributed by atoms with Crippen LogP contribution in [0.15, 0.2) is 30.3 Å². The molecule has 36 heavy (non-hydrogen) atoms. The highest BCUT2D eigenvalue weighted by molar-refractivity contribution is 5.94. The number of ether oxygens (including phenoxy) is 1. The van der Waals surface area contributed by atoms with Gasteiger partial charge in [0.25, 0.3) is 0 Å². The highest BCUT2D eigenvalue weighted by Gasteiger charge is 2.45. The number of amides is 3. The van der Waals surface area contributed by atoms with Gasteiger partial charge in [-0.1, -0.05) is 44.2 Å². The molecule has 3 atom stereocenters. The highest BCUT2D eigenvalue weighted by Crippen LogP contribution is 2.36. The molecule has 2 rings (SSSR count). The SMILES string of the molecule is CC(O)[C@H](NC(=O)[C@H](NC(=O)C1(c2ccccc2)CCN(C(=O)OC(C)(C)C)CC1)C(C)C)C(=O)O. The maximum atomic E-state index is 13.8. The Labute approximate surface area is 212 Å². The molecular weight excluding hydrogens is 466 g/mol. The van der Waals surface area contributed by atoms with Crippen LogP contribution in [-0.4, -0.2) is 75.9 Å². The number of hydrogen-bond donors (Lipinski definition) is 4. The Balaban J connectivity index is 2.28. The molecule has 1 saturated heterocycles. The summed E-state index contributed by atoms with van der Waals surface area (Å²) < 4.78 is 5.48. The lowest BCUT2D eigenvalue weighted by Gasteiger charge is -2.42. The lowest BCUT2D eigenvalue weighted by molar-refractivity contribution is -0.145. The van der Waals surface area contributed by atoms with Gasteiger partial charge in [0, 0.05) is 13.1 Å². The number of carboxylic acid groups (broad SMARTS) is 1. The molecule has 1 unspecified atom stereocenters. The number of hydrogen-bond acceptors (Lipinski definition) is 6. The number of rotatable bonds is 8. The summed E-state index contributed by atoms with van der Waals surface area (Å²) in [5.41, 5.74) is -0.870. The fraction of sp³-hybridized carbons (Fsp3) is 0.615. The molecule has 1 fully saturated rings. The molecule has 0 spiro atoms. The second kappa shape index (κ2) is 11.7. The number of carboxylic acids is 1. The van der Waals surface area contributed by atoms with Crippen molar-refractivity contribution in [1.82, 2.24) is 15.5 Å². The van der Waals surface area contributed by atoms with Gasteiger partial charge in [-0.25, -0.2) is 9.59 Å². The fourth-order valence-electron chi connectivity index (χ4n) is 4.25. The number of carbonyl (C=O) groups excluding carboxylic acids is 3. The zero-order chi connectivity index (χ0) is 27.3. The molecule has 0 aromatic heterocycles. The number of nitrogens with one attached hydrogen (secondary N) is 2. The Bertz CT molecular complexity index is 933. The van der Waals surface area contributed by atoms with Gasteiger partial charge >= 0.3 is 12.1 Å². The van der Waals surface area contributed by atoms with E-state index in [2.05, 4.69) is 10.6 Å². The smallest absolute Gasteiger partial charge is 0.410 e.